The smallest absolute Gasteiger partial charge is 0.145 e. The third kappa shape index (κ3) is 2.73. The Morgan fingerprint density at radius 2 is 1.76 bits per heavy atom. The zero-order valence-electron chi connectivity index (χ0n) is 16.6. The third-order valence-electron chi connectivity index (χ3n) is 5.75. The van der Waals surface area contributed by atoms with Crippen LogP contribution in [0, 0.1) is 0 Å². The highest BCUT2D eigenvalue weighted by atomic mass is 16.3. The molecule has 5 heteroatoms. The molecule has 0 bridgehead atoms. The van der Waals surface area contributed by atoms with Gasteiger partial charge in [0.05, 0.1) is 11.0 Å². The summed E-state index contributed by atoms with van der Waals surface area (Å²) < 4.78 is 2.18. The first-order valence-electron chi connectivity index (χ1n) is 10.1. The monoisotopic (exact) mass is 384 g/mol. The van der Waals surface area contributed by atoms with Crippen LogP contribution in [-0.4, -0.2) is 27.7 Å². The summed E-state index contributed by atoms with van der Waals surface area (Å²) in [5, 5.41) is 14.6. The van der Waals surface area contributed by atoms with Crippen LogP contribution >= 0.6 is 0 Å². The average Bonchev–Trinajstić information content (AvgIpc) is 3.14. The number of hydrogen-bond donors (Lipinski definition) is 2. The minimum Gasteiger partial charge on any atom is -0.507 e. The summed E-state index contributed by atoms with van der Waals surface area (Å²) in [5.74, 6) is 1.20. The number of nitrogens with one attached hydrogen (secondary N) is 1. The molecule has 5 rings (SSSR count). The molecule has 0 unspecified atom stereocenters. The zero-order valence-corrected chi connectivity index (χ0v) is 16.6. The number of rotatable bonds is 4. The Hall–Kier alpha value is -3.47. The largest absolute Gasteiger partial charge is 0.507 e. The minimum absolute atomic E-state index is 0.238. The van der Waals surface area contributed by atoms with Gasteiger partial charge in [-0.05, 0) is 50.2 Å². The molecule has 3 aromatic carbocycles. The summed E-state index contributed by atoms with van der Waals surface area (Å²) >= 11 is 0. The lowest BCUT2D eigenvalue weighted by atomic mass is 10.0. The van der Waals surface area contributed by atoms with Crippen LogP contribution in [0.2, 0.25) is 0 Å². The van der Waals surface area contributed by atoms with E-state index in [9.17, 15) is 5.11 Å². The molecule has 1 aromatic heterocycles. The molecular weight excluding hydrogens is 360 g/mol. The second-order valence-corrected chi connectivity index (χ2v) is 7.30. The van der Waals surface area contributed by atoms with Crippen LogP contribution in [0.4, 0.5) is 11.4 Å². The quantitative estimate of drug-likeness (QED) is 0.506. The van der Waals surface area contributed by atoms with E-state index >= 15 is 0 Å². The number of phenolic OH excluding ortho intramolecular Hbond substituents is 1. The van der Waals surface area contributed by atoms with E-state index in [0.29, 0.717) is 0 Å². The maximum absolute atomic E-state index is 11.0. The highest BCUT2D eigenvalue weighted by Crippen LogP contribution is 2.42. The summed E-state index contributed by atoms with van der Waals surface area (Å²) in [5.41, 5.74) is 5.95. The minimum atomic E-state index is -0.238. The molecule has 1 aliphatic rings. The fourth-order valence-electron chi connectivity index (χ4n) is 4.28. The summed E-state index contributed by atoms with van der Waals surface area (Å²) in [4.78, 5) is 7.13. The van der Waals surface area contributed by atoms with Crippen molar-refractivity contribution in [1.29, 1.82) is 0 Å². The molecule has 146 valence electrons. The number of aromatic hydroxyl groups is 1. The number of phenols is 1. The van der Waals surface area contributed by atoms with Crippen LogP contribution in [0.15, 0.2) is 66.7 Å². The van der Waals surface area contributed by atoms with E-state index in [4.69, 9.17) is 4.98 Å². The lowest BCUT2D eigenvalue weighted by Gasteiger charge is -2.31. The van der Waals surface area contributed by atoms with E-state index < -0.39 is 0 Å². The number of imidazole rings is 1. The predicted molar refractivity (Wildman–Crippen MR) is 119 cm³/mol. The van der Waals surface area contributed by atoms with Crippen molar-refractivity contribution >= 4 is 22.4 Å². The van der Waals surface area contributed by atoms with E-state index in [1.54, 1.807) is 0 Å². The van der Waals surface area contributed by atoms with Gasteiger partial charge < -0.3 is 15.3 Å². The fraction of sp³-hybridized carbons (Fsp3) is 0.208. The van der Waals surface area contributed by atoms with Gasteiger partial charge in [0.1, 0.15) is 17.7 Å². The first-order valence-corrected chi connectivity index (χ1v) is 10.1. The number of nitrogens with zero attached hydrogens (tertiary/aromatic N) is 3. The molecule has 0 aliphatic carbocycles. The van der Waals surface area contributed by atoms with Crippen LogP contribution in [0.3, 0.4) is 0 Å². The van der Waals surface area contributed by atoms with E-state index in [1.807, 2.05) is 42.5 Å². The first-order chi connectivity index (χ1) is 14.2. The highest BCUT2D eigenvalue weighted by molar-refractivity contribution is 5.87. The molecular formula is C24H24N4O. The zero-order chi connectivity index (χ0) is 20.0. The number of para-hydroxylation sites is 3. The van der Waals surface area contributed by atoms with Crippen molar-refractivity contribution in [1.82, 2.24) is 9.55 Å². The summed E-state index contributed by atoms with van der Waals surface area (Å²) in [7, 11) is 0. The van der Waals surface area contributed by atoms with Gasteiger partial charge in [-0.1, -0.05) is 24.3 Å². The average molecular weight is 384 g/mol. The molecule has 1 atom stereocenters. The van der Waals surface area contributed by atoms with Crippen molar-refractivity contribution in [2.75, 3.05) is 23.3 Å². The van der Waals surface area contributed by atoms with Gasteiger partial charge in [0, 0.05) is 41.7 Å². The molecule has 0 spiro atoms. The molecule has 0 saturated carbocycles. The number of benzene rings is 3. The summed E-state index contributed by atoms with van der Waals surface area (Å²) in [6.45, 7) is 6.05. The fourth-order valence-corrected chi connectivity index (χ4v) is 4.28. The molecule has 1 aliphatic heterocycles. The topological polar surface area (TPSA) is 53.3 Å². The Balaban J connectivity index is 1.70. The van der Waals surface area contributed by atoms with E-state index in [-0.39, 0.29) is 11.9 Å². The number of fused-ring (bicyclic) bond motifs is 5. The standard InChI is InChI=1S/C24H24N4O/c1-3-27(4-2)16-13-14-18(22(29)15-16)24-25-19-10-6-5-9-17(19)23-26-20-11-7-8-12-21(20)28(23)24/h5-15,24-25,29H,3-4H2,1-2H3/t24-/m0/s1. The molecule has 0 amide bonds. The Morgan fingerprint density at radius 1 is 1.00 bits per heavy atom. The van der Waals surface area contributed by atoms with Gasteiger partial charge >= 0.3 is 0 Å². The molecule has 0 fully saturated rings. The Labute approximate surface area is 170 Å². The normalized spacial score (nSPS) is 14.9. The number of anilines is 2. The van der Waals surface area contributed by atoms with Gasteiger partial charge in [0.25, 0.3) is 0 Å². The number of aromatic nitrogens is 2. The highest BCUT2D eigenvalue weighted by Gasteiger charge is 2.29. The molecule has 0 radical (unpaired) electrons. The third-order valence-corrected chi connectivity index (χ3v) is 5.75. The van der Waals surface area contributed by atoms with Gasteiger partial charge in [-0.3, -0.25) is 4.57 Å². The van der Waals surface area contributed by atoms with Crippen LogP contribution in [0.1, 0.15) is 25.6 Å². The van der Waals surface area contributed by atoms with Crippen LogP contribution in [-0.2, 0) is 0 Å². The van der Waals surface area contributed by atoms with Gasteiger partial charge in [-0.25, -0.2) is 4.98 Å². The van der Waals surface area contributed by atoms with Gasteiger partial charge in [-0.15, -0.1) is 0 Å². The summed E-state index contributed by atoms with van der Waals surface area (Å²) in [6, 6.07) is 22.3. The van der Waals surface area contributed by atoms with Gasteiger partial charge in [-0.2, -0.15) is 0 Å². The Morgan fingerprint density at radius 3 is 2.55 bits per heavy atom. The molecule has 5 nitrogen and oxygen atoms in total. The van der Waals surface area contributed by atoms with E-state index in [2.05, 4.69) is 52.9 Å². The molecule has 4 aromatic rings. The van der Waals surface area contributed by atoms with E-state index in [0.717, 1.165) is 52.4 Å². The van der Waals surface area contributed by atoms with Crippen molar-refractivity contribution < 1.29 is 5.11 Å². The molecule has 2 N–H and O–H groups in total. The Kier molecular flexibility index (Phi) is 4.16. The van der Waals surface area contributed by atoms with Crippen molar-refractivity contribution in [3.8, 4) is 17.1 Å². The lowest BCUT2D eigenvalue weighted by Crippen LogP contribution is -2.25. The van der Waals surface area contributed by atoms with Crippen molar-refractivity contribution in [2.24, 2.45) is 0 Å². The van der Waals surface area contributed by atoms with Gasteiger partial charge in [0.2, 0.25) is 0 Å². The maximum atomic E-state index is 11.0. The lowest BCUT2D eigenvalue weighted by molar-refractivity contribution is 0.459. The first kappa shape index (κ1) is 17.6. The second-order valence-electron chi connectivity index (χ2n) is 7.30. The van der Waals surface area contributed by atoms with Crippen LogP contribution < -0.4 is 10.2 Å². The second kappa shape index (κ2) is 6.85. The molecule has 2 heterocycles. The molecule has 29 heavy (non-hydrogen) atoms. The SMILES string of the molecule is CCN(CC)c1ccc([C@H]2Nc3ccccc3-c3nc4ccccc4n32)c(O)c1. The Bertz CT molecular complexity index is 1190. The van der Waals surface area contributed by atoms with Crippen LogP contribution in [0.5, 0.6) is 5.75 Å². The predicted octanol–water partition coefficient (Wildman–Crippen LogP) is 5.23. The number of hydrogen-bond acceptors (Lipinski definition) is 4. The summed E-state index contributed by atoms with van der Waals surface area (Å²) in [6.07, 6.45) is -0.238. The van der Waals surface area contributed by atoms with Gasteiger partial charge in [0.15, 0.2) is 0 Å². The van der Waals surface area contributed by atoms with E-state index in [1.165, 1.54) is 0 Å². The van der Waals surface area contributed by atoms with Crippen LogP contribution in [0.25, 0.3) is 22.4 Å². The maximum Gasteiger partial charge on any atom is 0.145 e. The van der Waals surface area contributed by atoms with Crippen molar-refractivity contribution in [2.45, 2.75) is 20.0 Å². The van der Waals surface area contributed by atoms with Crippen molar-refractivity contribution in [3.05, 3.63) is 72.3 Å². The molecule has 0 saturated heterocycles. The van der Waals surface area contributed by atoms with Crippen molar-refractivity contribution in [3.63, 3.8) is 0 Å².